The average Bonchev–Trinajstić information content (AvgIpc) is 3.10. The molecule has 0 unspecified atom stereocenters. The number of para-hydroxylation sites is 4. The molecule has 0 saturated heterocycles. The summed E-state index contributed by atoms with van der Waals surface area (Å²) in [5, 5.41) is 10.7. The smallest absolute Gasteiger partial charge is 0.148 e. The van der Waals surface area contributed by atoms with Gasteiger partial charge in [-0.3, -0.25) is 0 Å². The first kappa shape index (κ1) is 20.0. The molecule has 0 spiro atoms. The minimum absolute atomic E-state index is 0.204. The van der Waals surface area contributed by atoms with Gasteiger partial charge in [-0.15, -0.1) is 0 Å². The van der Waals surface area contributed by atoms with E-state index in [0.717, 1.165) is 39.5 Å². The van der Waals surface area contributed by atoms with Gasteiger partial charge in [0.2, 0.25) is 0 Å². The number of benzene rings is 3. The highest BCUT2D eigenvalue weighted by Crippen LogP contribution is 2.22. The van der Waals surface area contributed by atoms with Gasteiger partial charge in [0.1, 0.15) is 36.6 Å². The predicted octanol–water partition coefficient (Wildman–Crippen LogP) is 4.67. The largest absolute Gasteiger partial charge is 0.491 e. The van der Waals surface area contributed by atoms with E-state index in [4.69, 9.17) is 14.5 Å². The summed E-state index contributed by atoms with van der Waals surface area (Å²) in [4.78, 5) is 4.73. The first-order valence-electron chi connectivity index (χ1n) is 10.1. The lowest BCUT2D eigenvalue weighted by molar-refractivity contribution is 0.0914. The van der Waals surface area contributed by atoms with Crippen LogP contribution in [0.4, 0.5) is 0 Å². The molecular formula is C25H26N2O3. The van der Waals surface area contributed by atoms with Crippen LogP contribution in [-0.2, 0) is 13.2 Å². The standard InChI is InChI=1S/C25H26N2O3/c1-18-9-3-7-13-23(18)29-16-20(28)15-27-22-12-6-5-11-21(22)26-25(27)17-30-24-14-8-4-10-19(24)2/h3-14,20,28H,15-17H2,1-2H3/t20-/m1/s1. The molecule has 5 heteroatoms. The lowest BCUT2D eigenvalue weighted by Gasteiger charge is -2.17. The number of hydrogen-bond acceptors (Lipinski definition) is 4. The number of aryl methyl sites for hydroxylation is 2. The highest BCUT2D eigenvalue weighted by Gasteiger charge is 2.16. The molecule has 0 radical (unpaired) electrons. The van der Waals surface area contributed by atoms with Crippen molar-refractivity contribution < 1.29 is 14.6 Å². The Bertz CT molecular complexity index is 1140. The van der Waals surface area contributed by atoms with E-state index in [0.29, 0.717) is 13.2 Å². The van der Waals surface area contributed by atoms with Crippen molar-refractivity contribution >= 4 is 11.0 Å². The number of ether oxygens (including phenoxy) is 2. The summed E-state index contributed by atoms with van der Waals surface area (Å²) in [6, 6.07) is 23.6. The zero-order valence-electron chi connectivity index (χ0n) is 17.3. The first-order valence-corrected chi connectivity index (χ1v) is 10.1. The molecule has 0 saturated carbocycles. The number of aliphatic hydroxyl groups is 1. The second-order valence-electron chi connectivity index (χ2n) is 7.41. The fourth-order valence-electron chi connectivity index (χ4n) is 3.47. The van der Waals surface area contributed by atoms with Crippen molar-refractivity contribution in [2.24, 2.45) is 0 Å². The van der Waals surface area contributed by atoms with Crippen LogP contribution in [0.2, 0.25) is 0 Å². The van der Waals surface area contributed by atoms with Gasteiger partial charge in [0, 0.05) is 0 Å². The van der Waals surface area contributed by atoms with E-state index < -0.39 is 6.10 Å². The molecular weight excluding hydrogens is 376 g/mol. The molecule has 0 amide bonds. The van der Waals surface area contributed by atoms with Gasteiger partial charge in [-0.05, 0) is 49.2 Å². The van der Waals surface area contributed by atoms with Gasteiger partial charge in [0.15, 0.2) is 0 Å². The maximum atomic E-state index is 10.7. The normalized spacial score (nSPS) is 12.1. The summed E-state index contributed by atoms with van der Waals surface area (Å²) in [5.41, 5.74) is 3.97. The van der Waals surface area contributed by atoms with Crippen LogP contribution in [-0.4, -0.2) is 27.4 Å². The van der Waals surface area contributed by atoms with Crippen molar-refractivity contribution in [1.29, 1.82) is 0 Å². The van der Waals surface area contributed by atoms with Crippen LogP contribution in [0.25, 0.3) is 11.0 Å². The minimum atomic E-state index is -0.681. The topological polar surface area (TPSA) is 56.5 Å². The van der Waals surface area contributed by atoms with Crippen molar-refractivity contribution in [2.45, 2.75) is 33.1 Å². The monoisotopic (exact) mass is 402 g/mol. The van der Waals surface area contributed by atoms with Gasteiger partial charge in [0.05, 0.1) is 17.6 Å². The third-order valence-electron chi connectivity index (χ3n) is 5.10. The molecule has 4 rings (SSSR count). The average molecular weight is 402 g/mol. The summed E-state index contributed by atoms with van der Waals surface area (Å²) in [7, 11) is 0. The van der Waals surface area contributed by atoms with E-state index in [2.05, 4.69) is 0 Å². The number of aliphatic hydroxyl groups excluding tert-OH is 1. The summed E-state index contributed by atoms with van der Waals surface area (Å²) >= 11 is 0. The fraction of sp³-hybridized carbons (Fsp3) is 0.240. The number of fused-ring (bicyclic) bond motifs is 1. The van der Waals surface area contributed by atoms with Crippen LogP contribution in [0.15, 0.2) is 72.8 Å². The number of imidazole rings is 1. The highest BCUT2D eigenvalue weighted by molar-refractivity contribution is 5.75. The van der Waals surface area contributed by atoms with Crippen molar-refractivity contribution in [3.05, 3.63) is 89.7 Å². The Morgan fingerprint density at radius 1 is 0.833 bits per heavy atom. The number of rotatable bonds is 8. The Hall–Kier alpha value is -3.31. The molecule has 0 fully saturated rings. The second-order valence-corrected chi connectivity index (χ2v) is 7.41. The Labute approximate surface area is 176 Å². The molecule has 30 heavy (non-hydrogen) atoms. The molecule has 4 aromatic rings. The van der Waals surface area contributed by atoms with E-state index in [9.17, 15) is 5.11 Å². The van der Waals surface area contributed by atoms with Gasteiger partial charge >= 0.3 is 0 Å². The van der Waals surface area contributed by atoms with Crippen molar-refractivity contribution in [3.8, 4) is 11.5 Å². The molecule has 1 heterocycles. The van der Waals surface area contributed by atoms with E-state index in [-0.39, 0.29) is 6.61 Å². The molecule has 1 aromatic heterocycles. The number of aromatic nitrogens is 2. The van der Waals surface area contributed by atoms with Gasteiger partial charge in [-0.2, -0.15) is 0 Å². The molecule has 0 aliphatic rings. The lowest BCUT2D eigenvalue weighted by Crippen LogP contribution is -2.25. The van der Waals surface area contributed by atoms with Crippen molar-refractivity contribution in [2.75, 3.05) is 6.61 Å². The summed E-state index contributed by atoms with van der Waals surface area (Å²) in [6.07, 6.45) is -0.681. The van der Waals surface area contributed by atoms with Gasteiger partial charge in [0.25, 0.3) is 0 Å². The third kappa shape index (κ3) is 4.47. The maximum absolute atomic E-state index is 10.7. The molecule has 3 aromatic carbocycles. The number of nitrogens with zero attached hydrogens (tertiary/aromatic N) is 2. The Balaban J connectivity index is 1.51. The SMILES string of the molecule is Cc1ccccc1OCc1nc2ccccc2n1C[C@@H](O)COc1ccccc1C. The van der Waals surface area contributed by atoms with E-state index in [1.807, 2.05) is 91.2 Å². The second kappa shape index (κ2) is 9.01. The summed E-state index contributed by atoms with van der Waals surface area (Å²) < 4.78 is 13.9. The Morgan fingerprint density at radius 2 is 1.43 bits per heavy atom. The highest BCUT2D eigenvalue weighted by atomic mass is 16.5. The van der Waals surface area contributed by atoms with Crippen molar-refractivity contribution in [3.63, 3.8) is 0 Å². The third-order valence-corrected chi connectivity index (χ3v) is 5.10. The summed E-state index contributed by atoms with van der Waals surface area (Å²) in [6.45, 7) is 4.91. The molecule has 154 valence electrons. The zero-order chi connectivity index (χ0) is 20.9. The molecule has 1 N–H and O–H groups in total. The lowest BCUT2D eigenvalue weighted by atomic mass is 10.2. The zero-order valence-corrected chi connectivity index (χ0v) is 17.3. The van der Waals surface area contributed by atoms with Crippen LogP contribution in [0, 0.1) is 13.8 Å². The summed E-state index contributed by atoms with van der Waals surface area (Å²) in [5.74, 6) is 2.39. The van der Waals surface area contributed by atoms with Crippen LogP contribution in [0.1, 0.15) is 17.0 Å². The Kier molecular flexibility index (Phi) is 6.00. The van der Waals surface area contributed by atoms with E-state index in [1.54, 1.807) is 0 Å². The van der Waals surface area contributed by atoms with Gasteiger partial charge < -0.3 is 19.1 Å². The molecule has 0 bridgehead atoms. The van der Waals surface area contributed by atoms with Gasteiger partial charge in [-0.25, -0.2) is 4.98 Å². The molecule has 1 atom stereocenters. The Morgan fingerprint density at radius 3 is 2.13 bits per heavy atom. The van der Waals surface area contributed by atoms with Crippen molar-refractivity contribution in [1.82, 2.24) is 9.55 Å². The van der Waals surface area contributed by atoms with Crippen LogP contribution in [0.3, 0.4) is 0 Å². The fourth-order valence-corrected chi connectivity index (χ4v) is 3.47. The van der Waals surface area contributed by atoms with Crippen LogP contribution >= 0.6 is 0 Å². The van der Waals surface area contributed by atoms with Crippen LogP contribution in [0.5, 0.6) is 11.5 Å². The maximum Gasteiger partial charge on any atom is 0.148 e. The van der Waals surface area contributed by atoms with Crippen LogP contribution < -0.4 is 9.47 Å². The van der Waals surface area contributed by atoms with E-state index >= 15 is 0 Å². The van der Waals surface area contributed by atoms with Gasteiger partial charge in [-0.1, -0.05) is 48.5 Å². The quantitative estimate of drug-likeness (QED) is 0.465. The first-order chi connectivity index (χ1) is 14.6. The number of hydrogen-bond donors (Lipinski definition) is 1. The van der Waals surface area contributed by atoms with E-state index in [1.165, 1.54) is 0 Å². The predicted molar refractivity (Wildman–Crippen MR) is 118 cm³/mol. The molecule has 0 aliphatic carbocycles. The minimum Gasteiger partial charge on any atom is -0.491 e. The molecule has 5 nitrogen and oxygen atoms in total. The molecule has 0 aliphatic heterocycles.